The highest BCUT2D eigenvalue weighted by Crippen LogP contribution is 2.24. The number of carbonyl (C=O) groups is 1. The highest BCUT2D eigenvalue weighted by Gasteiger charge is 2.27. The molecule has 0 aliphatic carbocycles. The summed E-state index contributed by atoms with van der Waals surface area (Å²) in [5, 5.41) is 3.32. The van der Waals surface area contributed by atoms with Gasteiger partial charge >= 0.3 is 0 Å². The number of nitrogens with zero attached hydrogens (tertiary/aromatic N) is 2. The number of piperazine rings is 1. The summed E-state index contributed by atoms with van der Waals surface area (Å²) < 4.78 is 27.2. The molecule has 1 saturated heterocycles. The molecule has 1 aliphatic heterocycles. The maximum Gasteiger partial charge on any atom is 0.255 e. The molecule has 1 amide bonds. The highest BCUT2D eigenvalue weighted by molar-refractivity contribution is 7.89. The van der Waals surface area contributed by atoms with E-state index in [0.717, 1.165) is 0 Å². The van der Waals surface area contributed by atoms with Crippen LogP contribution in [0.4, 0.5) is 5.69 Å². The van der Waals surface area contributed by atoms with Gasteiger partial charge in [0, 0.05) is 37.4 Å². The van der Waals surface area contributed by atoms with Crippen LogP contribution in [0.5, 0.6) is 0 Å². The minimum Gasteiger partial charge on any atom is -0.322 e. The molecule has 3 rings (SSSR count). The smallest absolute Gasteiger partial charge is 0.255 e. The molecular weight excluding hydrogens is 409 g/mol. The number of amides is 1. The molecule has 1 aliphatic rings. The Labute approximate surface area is 168 Å². The number of anilines is 1. The average molecular weight is 428 g/mol. The summed E-state index contributed by atoms with van der Waals surface area (Å²) in [4.78, 5) is 14.6. The van der Waals surface area contributed by atoms with Crippen LogP contribution in [0.3, 0.4) is 0 Å². The van der Waals surface area contributed by atoms with Crippen molar-refractivity contribution in [2.24, 2.45) is 0 Å². The van der Waals surface area contributed by atoms with Gasteiger partial charge in [0.1, 0.15) is 0 Å². The molecule has 144 valence electrons. The number of hydrogen-bond donors (Lipinski definition) is 1. The quantitative estimate of drug-likeness (QED) is 0.812. The number of likely N-dealkylation sites (N-methyl/N-ethyl adjacent to an activating group) is 1. The Morgan fingerprint density at radius 1 is 1.00 bits per heavy atom. The van der Waals surface area contributed by atoms with Crippen molar-refractivity contribution in [1.29, 1.82) is 0 Å². The van der Waals surface area contributed by atoms with Crippen LogP contribution >= 0.6 is 23.2 Å². The van der Waals surface area contributed by atoms with Crippen molar-refractivity contribution in [1.82, 2.24) is 9.21 Å². The SMILES string of the molecule is CN1CCN(S(=O)(=O)c2cccc(NC(=O)c3ccc(Cl)c(Cl)c3)c2)CC1. The summed E-state index contributed by atoms with van der Waals surface area (Å²) in [5.74, 6) is -0.400. The molecule has 9 heteroatoms. The monoisotopic (exact) mass is 427 g/mol. The van der Waals surface area contributed by atoms with E-state index < -0.39 is 15.9 Å². The van der Waals surface area contributed by atoms with Crippen molar-refractivity contribution in [3.63, 3.8) is 0 Å². The van der Waals surface area contributed by atoms with Gasteiger partial charge in [0.05, 0.1) is 14.9 Å². The van der Waals surface area contributed by atoms with E-state index >= 15 is 0 Å². The van der Waals surface area contributed by atoms with Crippen LogP contribution < -0.4 is 5.32 Å². The first-order valence-electron chi connectivity index (χ1n) is 8.32. The lowest BCUT2D eigenvalue weighted by Gasteiger charge is -2.31. The van der Waals surface area contributed by atoms with Gasteiger partial charge in [0.2, 0.25) is 10.0 Å². The predicted octanol–water partition coefficient (Wildman–Crippen LogP) is 3.18. The molecule has 0 bridgehead atoms. The number of carbonyl (C=O) groups excluding carboxylic acids is 1. The second-order valence-corrected chi connectivity index (χ2v) is 9.07. The lowest BCUT2D eigenvalue weighted by atomic mass is 10.2. The molecule has 27 heavy (non-hydrogen) atoms. The van der Waals surface area contributed by atoms with Crippen molar-refractivity contribution in [2.75, 3.05) is 38.5 Å². The maximum atomic E-state index is 12.8. The predicted molar refractivity (Wildman–Crippen MR) is 107 cm³/mol. The van der Waals surface area contributed by atoms with Crippen LogP contribution in [0.1, 0.15) is 10.4 Å². The van der Waals surface area contributed by atoms with Gasteiger partial charge in [-0.25, -0.2) is 8.42 Å². The number of halogens is 2. The summed E-state index contributed by atoms with van der Waals surface area (Å²) in [6.07, 6.45) is 0. The van der Waals surface area contributed by atoms with E-state index in [1.54, 1.807) is 18.2 Å². The van der Waals surface area contributed by atoms with E-state index in [2.05, 4.69) is 10.2 Å². The molecule has 0 aromatic heterocycles. The normalized spacial score (nSPS) is 16.3. The summed E-state index contributed by atoms with van der Waals surface area (Å²) in [6.45, 7) is 2.26. The number of nitrogens with one attached hydrogen (secondary N) is 1. The second kappa shape index (κ2) is 8.16. The Hall–Kier alpha value is -1.64. The molecule has 1 fully saturated rings. The zero-order valence-electron chi connectivity index (χ0n) is 14.7. The summed E-state index contributed by atoms with van der Waals surface area (Å²) >= 11 is 11.8. The first-order valence-corrected chi connectivity index (χ1v) is 10.5. The van der Waals surface area contributed by atoms with Gasteiger partial charge in [-0.3, -0.25) is 4.79 Å². The minimum atomic E-state index is -3.60. The zero-order chi connectivity index (χ0) is 19.6. The lowest BCUT2D eigenvalue weighted by molar-refractivity contribution is 0.102. The molecule has 2 aromatic carbocycles. The van der Waals surface area contributed by atoms with Gasteiger partial charge < -0.3 is 10.2 Å². The van der Waals surface area contributed by atoms with E-state index in [0.29, 0.717) is 42.5 Å². The van der Waals surface area contributed by atoms with Crippen LogP contribution in [0.2, 0.25) is 10.0 Å². The molecule has 0 unspecified atom stereocenters. The van der Waals surface area contributed by atoms with Crippen molar-refractivity contribution < 1.29 is 13.2 Å². The fraction of sp³-hybridized carbons (Fsp3) is 0.278. The third-order valence-corrected chi connectivity index (χ3v) is 7.01. The Morgan fingerprint density at radius 3 is 2.37 bits per heavy atom. The van der Waals surface area contributed by atoms with Crippen LogP contribution in [0, 0.1) is 0 Å². The van der Waals surface area contributed by atoms with Crippen LogP contribution in [0.25, 0.3) is 0 Å². The molecule has 0 saturated carbocycles. The first-order chi connectivity index (χ1) is 12.8. The van der Waals surface area contributed by atoms with E-state index in [1.807, 2.05) is 7.05 Å². The van der Waals surface area contributed by atoms with Gasteiger partial charge in [-0.05, 0) is 43.4 Å². The van der Waals surface area contributed by atoms with Gasteiger partial charge in [0.15, 0.2) is 0 Å². The van der Waals surface area contributed by atoms with Gasteiger partial charge in [-0.15, -0.1) is 0 Å². The van der Waals surface area contributed by atoms with E-state index in [9.17, 15) is 13.2 Å². The van der Waals surface area contributed by atoms with E-state index in [4.69, 9.17) is 23.2 Å². The molecule has 0 radical (unpaired) electrons. The minimum absolute atomic E-state index is 0.152. The maximum absolute atomic E-state index is 12.8. The Balaban J connectivity index is 1.79. The molecular formula is C18H19Cl2N3O3S. The average Bonchev–Trinajstić information content (AvgIpc) is 2.64. The van der Waals surface area contributed by atoms with Gasteiger partial charge in [0.25, 0.3) is 5.91 Å². The molecule has 2 aromatic rings. The Morgan fingerprint density at radius 2 is 1.70 bits per heavy atom. The molecule has 1 heterocycles. The van der Waals surface area contributed by atoms with Crippen molar-refractivity contribution in [3.8, 4) is 0 Å². The summed E-state index contributed by atoms with van der Waals surface area (Å²) in [6, 6.07) is 10.8. The molecule has 6 nitrogen and oxygen atoms in total. The van der Waals surface area contributed by atoms with Gasteiger partial charge in [-0.2, -0.15) is 4.31 Å². The van der Waals surface area contributed by atoms with Crippen LogP contribution in [-0.2, 0) is 10.0 Å². The molecule has 0 atom stereocenters. The zero-order valence-corrected chi connectivity index (χ0v) is 17.0. The van der Waals surface area contributed by atoms with Gasteiger partial charge in [-0.1, -0.05) is 29.3 Å². The standard InChI is InChI=1S/C18H19Cl2N3O3S/c1-22-7-9-23(10-8-22)27(25,26)15-4-2-3-14(12-15)21-18(24)13-5-6-16(19)17(20)11-13/h2-6,11-12H,7-10H2,1H3,(H,21,24). The number of rotatable bonds is 4. The van der Waals surface area contributed by atoms with Crippen molar-refractivity contribution in [3.05, 3.63) is 58.1 Å². The third kappa shape index (κ3) is 4.62. The lowest BCUT2D eigenvalue weighted by Crippen LogP contribution is -2.47. The summed E-state index contributed by atoms with van der Waals surface area (Å²) in [5.41, 5.74) is 0.720. The van der Waals surface area contributed by atoms with Crippen molar-refractivity contribution in [2.45, 2.75) is 4.90 Å². The van der Waals surface area contributed by atoms with E-state index in [1.165, 1.54) is 28.6 Å². The Bertz CT molecular complexity index is 958. The third-order valence-electron chi connectivity index (χ3n) is 4.37. The van der Waals surface area contributed by atoms with E-state index in [-0.39, 0.29) is 9.92 Å². The summed E-state index contributed by atoms with van der Waals surface area (Å²) in [7, 11) is -1.64. The van der Waals surface area contributed by atoms with Crippen LogP contribution in [-0.4, -0.2) is 56.8 Å². The largest absolute Gasteiger partial charge is 0.322 e. The number of hydrogen-bond acceptors (Lipinski definition) is 4. The topological polar surface area (TPSA) is 69.7 Å². The Kier molecular flexibility index (Phi) is 6.08. The fourth-order valence-electron chi connectivity index (χ4n) is 2.75. The second-order valence-electron chi connectivity index (χ2n) is 6.32. The number of benzene rings is 2. The first kappa shape index (κ1) is 20.1. The highest BCUT2D eigenvalue weighted by atomic mass is 35.5. The molecule has 1 N–H and O–H groups in total. The fourth-order valence-corrected chi connectivity index (χ4v) is 4.52. The van der Waals surface area contributed by atoms with Crippen molar-refractivity contribution >= 4 is 44.8 Å². The van der Waals surface area contributed by atoms with Crippen LogP contribution in [0.15, 0.2) is 47.4 Å². The molecule has 0 spiro atoms. The number of sulfonamides is 1.